The lowest BCUT2D eigenvalue weighted by molar-refractivity contribution is 0.600. The van der Waals surface area contributed by atoms with Gasteiger partial charge in [-0.2, -0.15) is 0 Å². The average molecular weight is 268 g/mol. The van der Waals surface area contributed by atoms with Crippen LogP contribution in [0.3, 0.4) is 0 Å². The quantitative estimate of drug-likeness (QED) is 0.758. The molecule has 1 unspecified atom stereocenters. The second-order valence-electron chi connectivity index (χ2n) is 5.99. The highest BCUT2D eigenvalue weighted by atomic mass is 14.9. The van der Waals surface area contributed by atoms with Crippen LogP contribution in [-0.2, 0) is 13.0 Å². The van der Waals surface area contributed by atoms with E-state index in [1.165, 1.54) is 43.2 Å². The molecule has 1 atom stereocenters. The molecule has 2 nitrogen and oxygen atoms in total. The maximum atomic E-state index is 6.23. The molecule has 2 aromatic rings. The van der Waals surface area contributed by atoms with Crippen LogP contribution in [0.25, 0.3) is 0 Å². The van der Waals surface area contributed by atoms with E-state index in [0.717, 1.165) is 12.5 Å². The van der Waals surface area contributed by atoms with Crippen molar-refractivity contribution in [2.24, 2.45) is 11.7 Å². The summed E-state index contributed by atoms with van der Waals surface area (Å²) < 4.78 is 2.29. The summed E-state index contributed by atoms with van der Waals surface area (Å²) in [5, 5.41) is 0. The molecule has 2 N–H and O–H groups in total. The van der Waals surface area contributed by atoms with Crippen LogP contribution in [0, 0.1) is 5.92 Å². The lowest BCUT2D eigenvalue weighted by atomic mass is 10.1. The number of benzene rings is 1. The largest absolute Gasteiger partial charge is 0.354 e. The molecule has 1 aliphatic rings. The van der Waals surface area contributed by atoms with Gasteiger partial charge in [-0.15, -0.1) is 0 Å². The molecular weight excluding hydrogens is 244 g/mol. The van der Waals surface area contributed by atoms with Crippen LogP contribution in [0.2, 0.25) is 0 Å². The highest BCUT2D eigenvalue weighted by Gasteiger charge is 2.29. The van der Waals surface area contributed by atoms with E-state index >= 15 is 0 Å². The Labute approximate surface area is 121 Å². The average Bonchev–Trinajstić information content (AvgIpc) is 3.23. The van der Waals surface area contributed by atoms with E-state index in [2.05, 4.69) is 53.4 Å². The molecule has 1 aliphatic carbocycles. The third kappa shape index (κ3) is 3.51. The maximum Gasteiger partial charge on any atom is 0.0338 e. The number of nitrogens with zero attached hydrogens (tertiary/aromatic N) is 1. The molecule has 0 aliphatic heterocycles. The summed E-state index contributed by atoms with van der Waals surface area (Å²) in [6.07, 6.45) is 10.7. The van der Waals surface area contributed by atoms with Gasteiger partial charge in [0.25, 0.3) is 0 Å². The van der Waals surface area contributed by atoms with Crippen molar-refractivity contribution in [2.75, 3.05) is 0 Å². The molecule has 106 valence electrons. The lowest BCUT2D eigenvalue weighted by Crippen LogP contribution is -2.11. The van der Waals surface area contributed by atoms with Crippen molar-refractivity contribution >= 4 is 0 Å². The van der Waals surface area contributed by atoms with Gasteiger partial charge in [-0.3, -0.25) is 0 Å². The van der Waals surface area contributed by atoms with E-state index in [4.69, 9.17) is 5.73 Å². The van der Waals surface area contributed by atoms with Crippen LogP contribution in [-0.4, -0.2) is 4.57 Å². The van der Waals surface area contributed by atoms with Crippen molar-refractivity contribution in [3.8, 4) is 0 Å². The number of aryl methyl sites for hydroxylation is 2. The first-order valence-corrected chi connectivity index (χ1v) is 7.78. The molecule has 3 rings (SSSR count). The summed E-state index contributed by atoms with van der Waals surface area (Å²) in [6.45, 7) is 1.10. The normalized spacial score (nSPS) is 16.2. The molecule has 1 saturated carbocycles. The van der Waals surface area contributed by atoms with Crippen LogP contribution in [0.4, 0.5) is 0 Å². The summed E-state index contributed by atoms with van der Waals surface area (Å²) >= 11 is 0. The fourth-order valence-electron chi connectivity index (χ4n) is 2.79. The molecule has 0 amide bonds. The Bertz CT molecular complexity index is 525. The zero-order valence-corrected chi connectivity index (χ0v) is 12.0. The molecule has 2 heteroatoms. The van der Waals surface area contributed by atoms with Gasteiger partial charge in [0.15, 0.2) is 0 Å². The van der Waals surface area contributed by atoms with Crippen LogP contribution < -0.4 is 5.73 Å². The summed E-state index contributed by atoms with van der Waals surface area (Å²) in [7, 11) is 0. The van der Waals surface area contributed by atoms with Crippen molar-refractivity contribution in [3.63, 3.8) is 0 Å². The van der Waals surface area contributed by atoms with E-state index in [1.54, 1.807) is 0 Å². The van der Waals surface area contributed by atoms with E-state index in [1.807, 2.05) is 0 Å². The van der Waals surface area contributed by atoms with Crippen LogP contribution in [0.1, 0.15) is 42.9 Å². The number of hydrogen-bond donors (Lipinski definition) is 1. The molecule has 20 heavy (non-hydrogen) atoms. The van der Waals surface area contributed by atoms with Crippen molar-refractivity contribution in [1.29, 1.82) is 0 Å². The first-order chi connectivity index (χ1) is 9.83. The molecule has 1 aromatic carbocycles. The van der Waals surface area contributed by atoms with Crippen LogP contribution in [0.15, 0.2) is 48.8 Å². The predicted molar refractivity (Wildman–Crippen MR) is 83.5 cm³/mol. The van der Waals surface area contributed by atoms with Gasteiger partial charge < -0.3 is 10.3 Å². The van der Waals surface area contributed by atoms with Crippen molar-refractivity contribution in [1.82, 2.24) is 4.57 Å². The molecule has 1 fully saturated rings. The van der Waals surface area contributed by atoms with Gasteiger partial charge in [0, 0.05) is 25.0 Å². The second-order valence-corrected chi connectivity index (χ2v) is 5.99. The highest BCUT2D eigenvalue weighted by Crippen LogP contribution is 2.39. The first-order valence-electron chi connectivity index (χ1n) is 7.78. The number of hydrogen-bond acceptors (Lipinski definition) is 1. The minimum absolute atomic E-state index is 0.264. The smallest absolute Gasteiger partial charge is 0.0338 e. The third-order valence-corrected chi connectivity index (χ3v) is 4.26. The fourth-order valence-corrected chi connectivity index (χ4v) is 2.79. The fraction of sp³-hybridized carbons (Fsp3) is 0.444. The van der Waals surface area contributed by atoms with E-state index in [9.17, 15) is 0 Å². The van der Waals surface area contributed by atoms with Gasteiger partial charge >= 0.3 is 0 Å². The summed E-state index contributed by atoms with van der Waals surface area (Å²) in [5.74, 6) is 0.740. The molecule has 0 bridgehead atoms. The third-order valence-electron chi connectivity index (χ3n) is 4.26. The van der Waals surface area contributed by atoms with Gasteiger partial charge in [-0.05, 0) is 55.2 Å². The Morgan fingerprint density at radius 1 is 1.10 bits per heavy atom. The molecule has 0 saturated heterocycles. The summed E-state index contributed by atoms with van der Waals surface area (Å²) in [4.78, 5) is 0. The van der Waals surface area contributed by atoms with Gasteiger partial charge in [-0.25, -0.2) is 0 Å². The topological polar surface area (TPSA) is 30.9 Å². The van der Waals surface area contributed by atoms with Crippen molar-refractivity contribution in [2.45, 2.75) is 44.7 Å². The highest BCUT2D eigenvalue weighted by molar-refractivity contribution is 5.17. The zero-order chi connectivity index (χ0) is 13.8. The molecule has 1 aromatic heterocycles. The van der Waals surface area contributed by atoms with Gasteiger partial charge in [0.05, 0.1) is 0 Å². The number of rotatable bonds is 7. The molecule has 1 heterocycles. The van der Waals surface area contributed by atoms with Crippen molar-refractivity contribution < 1.29 is 0 Å². The Balaban J connectivity index is 1.42. The van der Waals surface area contributed by atoms with E-state index < -0.39 is 0 Å². The number of nitrogens with two attached hydrogens (primary N) is 1. The zero-order valence-electron chi connectivity index (χ0n) is 12.0. The summed E-state index contributed by atoms with van der Waals surface area (Å²) in [6, 6.07) is 13.2. The van der Waals surface area contributed by atoms with Crippen LogP contribution in [0.5, 0.6) is 0 Å². The molecular formula is C18H24N2. The standard InChI is InChI=1S/C18H24N2/c19-18(16-9-10-16)17-11-13-20(14-17)12-5-4-8-15-6-2-1-3-7-15/h1-3,6-7,11,13-14,16,18H,4-5,8-10,12,19H2. The SMILES string of the molecule is NC(c1ccn(CCCCc2ccccc2)c1)C1CC1. The van der Waals surface area contributed by atoms with Gasteiger partial charge in [-0.1, -0.05) is 30.3 Å². The predicted octanol–water partition coefficient (Wildman–Crippen LogP) is 3.92. The van der Waals surface area contributed by atoms with E-state index in [-0.39, 0.29) is 6.04 Å². The number of aromatic nitrogens is 1. The van der Waals surface area contributed by atoms with Gasteiger partial charge in [0.2, 0.25) is 0 Å². The Kier molecular flexibility index (Phi) is 4.22. The monoisotopic (exact) mass is 268 g/mol. The lowest BCUT2D eigenvalue weighted by Gasteiger charge is -2.07. The van der Waals surface area contributed by atoms with Crippen LogP contribution >= 0.6 is 0 Å². The Morgan fingerprint density at radius 2 is 1.90 bits per heavy atom. The molecule has 0 radical (unpaired) electrons. The Hall–Kier alpha value is -1.54. The van der Waals surface area contributed by atoms with Gasteiger partial charge in [0.1, 0.15) is 0 Å². The van der Waals surface area contributed by atoms with Crippen molar-refractivity contribution in [3.05, 3.63) is 59.9 Å². The summed E-state index contributed by atoms with van der Waals surface area (Å²) in [5.41, 5.74) is 8.99. The minimum Gasteiger partial charge on any atom is -0.354 e. The molecule has 0 spiro atoms. The Morgan fingerprint density at radius 3 is 2.65 bits per heavy atom. The van der Waals surface area contributed by atoms with E-state index in [0.29, 0.717) is 0 Å². The number of unbranched alkanes of at least 4 members (excludes halogenated alkanes) is 1. The first kappa shape index (κ1) is 13.4. The minimum atomic E-state index is 0.264. The second kappa shape index (κ2) is 6.27. The maximum absolute atomic E-state index is 6.23.